The van der Waals surface area contributed by atoms with Crippen LogP contribution >= 0.6 is 0 Å². The van der Waals surface area contributed by atoms with Gasteiger partial charge in [0.05, 0.1) is 6.26 Å². The number of allylic oxidation sites excluding steroid dienone is 9. The summed E-state index contributed by atoms with van der Waals surface area (Å²) >= 11 is 0. The predicted octanol–water partition coefficient (Wildman–Crippen LogP) is 7.19. The van der Waals surface area contributed by atoms with E-state index in [-0.39, 0.29) is 5.41 Å². The molecule has 0 saturated carbocycles. The monoisotopic (exact) mass is 455 g/mol. The highest BCUT2D eigenvalue weighted by atomic mass is 16.5. The maximum Gasteiger partial charge on any atom is 0.129 e. The number of nitrogens with one attached hydrogen (secondary N) is 1. The van der Waals surface area contributed by atoms with Gasteiger partial charge in [-0.05, 0) is 88.5 Å². The Kier molecular flexibility index (Phi) is 7.56. The number of aromatic nitrogens is 1. The van der Waals surface area contributed by atoms with Crippen molar-refractivity contribution in [2.45, 2.75) is 53.4 Å². The Morgan fingerprint density at radius 2 is 1.94 bits per heavy atom. The van der Waals surface area contributed by atoms with Gasteiger partial charge in [-0.2, -0.15) is 0 Å². The number of pyridine rings is 1. The Hall–Kier alpha value is -3.27. The summed E-state index contributed by atoms with van der Waals surface area (Å²) < 4.78 is 5.81. The minimum atomic E-state index is 0.00230. The molecule has 1 saturated heterocycles. The molecule has 1 aromatic rings. The fourth-order valence-electron chi connectivity index (χ4n) is 4.73. The molecule has 1 unspecified atom stereocenters. The van der Waals surface area contributed by atoms with E-state index in [9.17, 15) is 0 Å². The second-order valence-electron chi connectivity index (χ2n) is 9.33. The van der Waals surface area contributed by atoms with Crippen LogP contribution in [0.25, 0.3) is 5.70 Å². The average Bonchev–Trinajstić information content (AvgIpc) is 2.88. The van der Waals surface area contributed by atoms with Gasteiger partial charge in [0.25, 0.3) is 0 Å². The first-order chi connectivity index (χ1) is 16.6. The number of nitrogens with zero attached hydrogens (tertiary/aromatic N) is 2. The lowest BCUT2D eigenvalue weighted by atomic mass is 9.72. The van der Waals surface area contributed by atoms with Crippen molar-refractivity contribution in [3.05, 3.63) is 101 Å². The molecule has 1 atom stereocenters. The lowest BCUT2D eigenvalue weighted by molar-refractivity contribution is 0.359. The molecule has 1 aromatic heterocycles. The molecule has 0 radical (unpaired) electrons. The Labute approximate surface area is 204 Å². The summed E-state index contributed by atoms with van der Waals surface area (Å²) in [5.41, 5.74) is 5.77. The van der Waals surface area contributed by atoms with Gasteiger partial charge < -0.3 is 15.0 Å². The number of hydrogen-bond acceptors (Lipinski definition) is 4. The normalized spacial score (nSPS) is 23.3. The first kappa shape index (κ1) is 23.9. The summed E-state index contributed by atoms with van der Waals surface area (Å²) in [4.78, 5) is 7.05. The lowest BCUT2D eigenvalue weighted by Gasteiger charge is -2.34. The van der Waals surface area contributed by atoms with E-state index in [4.69, 9.17) is 4.74 Å². The smallest absolute Gasteiger partial charge is 0.129 e. The second kappa shape index (κ2) is 10.8. The van der Waals surface area contributed by atoms with Crippen molar-refractivity contribution in [1.29, 1.82) is 0 Å². The van der Waals surface area contributed by atoms with Gasteiger partial charge in [0.2, 0.25) is 0 Å². The third kappa shape index (κ3) is 5.27. The van der Waals surface area contributed by atoms with Crippen molar-refractivity contribution in [3.8, 4) is 0 Å². The summed E-state index contributed by atoms with van der Waals surface area (Å²) in [6.07, 6.45) is 25.8. The third-order valence-corrected chi connectivity index (χ3v) is 6.84. The van der Waals surface area contributed by atoms with E-state index in [1.54, 1.807) is 6.26 Å². The van der Waals surface area contributed by atoms with E-state index in [1.807, 2.05) is 32.2 Å². The van der Waals surface area contributed by atoms with Crippen LogP contribution in [-0.4, -0.2) is 18.1 Å². The molecule has 4 rings (SSSR count). The number of anilines is 1. The second-order valence-corrected chi connectivity index (χ2v) is 9.33. The molecule has 1 N–H and O–H groups in total. The minimum Gasteiger partial charge on any atom is -0.465 e. The molecule has 2 heterocycles. The zero-order valence-corrected chi connectivity index (χ0v) is 21.0. The predicted molar refractivity (Wildman–Crippen MR) is 143 cm³/mol. The Morgan fingerprint density at radius 3 is 2.68 bits per heavy atom. The molecular formula is C30H37N3O. The van der Waals surface area contributed by atoms with Gasteiger partial charge in [0.15, 0.2) is 0 Å². The van der Waals surface area contributed by atoms with Crippen molar-refractivity contribution >= 4 is 11.5 Å². The number of hydrogen-bond donors (Lipinski definition) is 1. The SMILES string of the molecule is CC=CO/C(=C\C)C1=CCC2(C)C=CC(N/C(=C/C)c3ccnc(N4CCCCC4)c3)=CC2=C1. The molecular weight excluding hydrogens is 418 g/mol. The minimum absolute atomic E-state index is 0.00230. The number of piperidine rings is 1. The van der Waals surface area contributed by atoms with Gasteiger partial charge in [0.1, 0.15) is 11.6 Å². The molecule has 0 spiro atoms. The fourth-order valence-corrected chi connectivity index (χ4v) is 4.73. The van der Waals surface area contributed by atoms with Gasteiger partial charge in [-0.3, -0.25) is 0 Å². The lowest BCUT2D eigenvalue weighted by Crippen LogP contribution is -2.30. The van der Waals surface area contributed by atoms with Gasteiger partial charge in [-0.1, -0.05) is 31.2 Å². The Bertz CT molecular complexity index is 1110. The van der Waals surface area contributed by atoms with Crippen LogP contribution < -0.4 is 10.2 Å². The van der Waals surface area contributed by atoms with E-state index in [0.29, 0.717) is 0 Å². The highest BCUT2D eigenvalue weighted by Crippen LogP contribution is 2.42. The summed E-state index contributed by atoms with van der Waals surface area (Å²) in [5.74, 6) is 1.96. The van der Waals surface area contributed by atoms with E-state index >= 15 is 0 Å². The molecule has 34 heavy (non-hydrogen) atoms. The number of fused-ring (bicyclic) bond motifs is 1. The van der Waals surface area contributed by atoms with E-state index in [1.165, 1.54) is 24.8 Å². The number of ether oxygens (including phenoxy) is 1. The highest BCUT2D eigenvalue weighted by Gasteiger charge is 2.30. The van der Waals surface area contributed by atoms with Crippen molar-refractivity contribution < 1.29 is 4.74 Å². The molecule has 178 valence electrons. The van der Waals surface area contributed by atoms with Crippen molar-refractivity contribution in [1.82, 2.24) is 10.3 Å². The zero-order valence-electron chi connectivity index (χ0n) is 21.0. The Balaban J connectivity index is 1.55. The molecule has 0 aromatic carbocycles. The van der Waals surface area contributed by atoms with Crippen LogP contribution in [0, 0.1) is 5.41 Å². The molecule has 4 heteroatoms. The summed E-state index contributed by atoms with van der Waals surface area (Å²) in [5, 5.41) is 3.67. The van der Waals surface area contributed by atoms with Gasteiger partial charge >= 0.3 is 0 Å². The molecule has 1 fully saturated rings. The first-order valence-electron chi connectivity index (χ1n) is 12.5. The van der Waals surface area contributed by atoms with E-state index in [2.05, 4.69) is 77.6 Å². The molecule has 2 aliphatic carbocycles. The maximum atomic E-state index is 5.81. The zero-order chi connectivity index (χ0) is 24.0. The highest BCUT2D eigenvalue weighted by molar-refractivity contribution is 5.69. The van der Waals surface area contributed by atoms with Crippen molar-refractivity contribution in [2.24, 2.45) is 5.41 Å². The fraction of sp³-hybridized carbons (Fsp3) is 0.367. The van der Waals surface area contributed by atoms with Crippen molar-refractivity contribution in [2.75, 3.05) is 18.0 Å². The van der Waals surface area contributed by atoms with E-state index in [0.717, 1.165) is 53.6 Å². The van der Waals surface area contributed by atoms with Crippen LogP contribution in [0.1, 0.15) is 58.9 Å². The molecule has 3 aliphatic rings. The topological polar surface area (TPSA) is 37.4 Å². The van der Waals surface area contributed by atoms with Crippen LogP contribution in [0.2, 0.25) is 0 Å². The largest absolute Gasteiger partial charge is 0.465 e. The summed E-state index contributed by atoms with van der Waals surface area (Å²) in [7, 11) is 0. The standard InChI is InChI=1S/C30H37N3O/c1-5-19-34-28(7-3)24-11-14-30(4)15-12-26(22-25(30)20-24)32-27(6-2)23-13-16-31-29(21-23)33-17-9-8-10-18-33/h5-7,11-13,15-16,19-22,32H,8-10,14,17-18H2,1-4H3/b19-5?,27-6+,28-7-. The average molecular weight is 456 g/mol. The quantitative estimate of drug-likeness (QED) is 0.441. The Morgan fingerprint density at radius 1 is 1.12 bits per heavy atom. The van der Waals surface area contributed by atoms with Crippen molar-refractivity contribution in [3.63, 3.8) is 0 Å². The van der Waals surface area contributed by atoms with Crippen LogP contribution in [-0.2, 0) is 4.74 Å². The van der Waals surface area contributed by atoms with Crippen LogP contribution in [0.15, 0.2) is 95.8 Å². The van der Waals surface area contributed by atoms with Crippen LogP contribution in [0.5, 0.6) is 0 Å². The summed E-state index contributed by atoms with van der Waals surface area (Å²) in [6, 6.07) is 4.30. The van der Waals surface area contributed by atoms with Gasteiger partial charge in [0, 0.05) is 47.2 Å². The maximum absolute atomic E-state index is 5.81. The molecule has 0 amide bonds. The van der Waals surface area contributed by atoms with Gasteiger partial charge in [-0.25, -0.2) is 4.98 Å². The number of rotatable bonds is 7. The van der Waals surface area contributed by atoms with Gasteiger partial charge in [-0.15, -0.1) is 0 Å². The first-order valence-corrected chi connectivity index (χ1v) is 12.5. The molecule has 0 bridgehead atoms. The van der Waals surface area contributed by atoms with E-state index < -0.39 is 0 Å². The summed E-state index contributed by atoms with van der Waals surface area (Å²) in [6.45, 7) is 10.5. The molecule has 1 aliphatic heterocycles. The van der Waals surface area contributed by atoms with Crippen LogP contribution in [0.4, 0.5) is 5.82 Å². The third-order valence-electron chi connectivity index (χ3n) is 6.84. The van der Waals surface area contributed by atoms with Crippen LogP contribution in [0.3, 0.4) is 0 Å². The molecule has 4 nitrogen and oxygen atoms in total.